The SMILES string of the molecule is Nc1onc(-c2nccs2)c1C(=O)NCc1ccncc1. The summed E-state index contributed by atoms with van der Waals surface area (Å²) in [6, 6.07) is 3.64. The van der Waals surface area contributed by atoms with Crippen LogP contribution in [0.4, 0.5) is 5.88 Å². The van der Waals surface area contributed by atoms with Crippen LogP contribution in [0, 0.1) is 0 Å². The lowest BCUT2D eigenvalue weighted by Gasteiger charge is -2.04. The second kappa shape index (κ2) is 5.71. The average Bonchev–Trinajstić information content (AvgIpc) is 3.15. The Morgan fingerprint density at radius 2 is 2.14 bits per heavy atom. The van der Waals surface area contributed by atoms with Gasteiger partial charge in [0.1, 0.15) is 10.6 Å². The van der Waals surface area contributed by atoms with Gasteiger partial charge >= 0.3 is 0 Å². The number of thiazole rings is 1. The molecule has 0 fully saturated rings. The van der Waals surface area contributed by atoms with Gasteiger partial charge in [-0.15, -0.1) is 11.3 Å². The van der Waals surface area contributed by atoms with Crippen molar-refractivity contribution in [1.82, 2.24) is 20.4 Å². The number of carbonyl (C=O) groups is 1. The number of hydrogen-bond donors (Lipinski definition) is 2. The Morgan fingerprint density at radius 1 is 1.33 bits per heavy atom. The van der Waals surface area contributed by atoms with E-state index in [1.54, 1.807) is 24.0 Å². The summed E-state index contributed by atoms with van der Waals surface area (Å²) in [5.41, 5.74) is 7.19. The molecule has 3 N–H and O–H groups in total. The summed E-state index contributed by atoms with van der Waals surface area (Å²) in [6.07, 6.45) is 4.95. The molecule has 3 aromatic rings. The third-order valence-corrected chi connectivity index (χ3v) is 3.56. The Morgan fingerprint density at radius 3 is 2.86 bits per heavy atom. The fraction of sp³-hybridized carbons (Fsp3) is 0.0769. The summed E-state index contributed by atoms with van der Waals surface area (Å²) in [5, 5.41) is 8.96. The molecule has 7 nitrogen and oxygen atoms in total. The third-order valence-electron chi connectivity index (χ3n) is 2.78. The normalized spacial score (nSPS) is 10.5. The Labute approximate surface area is 123 Å². The van der Waals surface area contributed by atoms with Crippen LogP contribution in [0.1, 0.15) is 15.9 Å². The number of anilines is 1. The minimum absolute atomic E-state index is 0.0209. The van der Waals surface area contributed by atoms with E-state index in [2.05, 4.69) is 20.4 Å². The summed E-state index contributed by atoms with van der Waals surface area (Å²) < 4.78 is 4.92. The van der Waals surface area contributed by atoms with Gasteiger partial charge in [-0.1, -0.05) is 5.16 Å². The van der Waals surface area contributed by atoms with Crippen molar-refractivity contribution in [2.75, 3.05) is 5.73 Å². The monoisotopic (exact) mass is 301 g/mol. The van der Waals surface area contributed by atoms with E-state index in [0.29, 0.717) is 17.2 Å². The summed E-state index contributed by atoms with van der Waals surface area (Å²) >= 11 is 1.36. The van der Waals surface area contributed by atoms with Crippen molar-refractivity contribution >= 4 is 23.1 Å². The molecule has 0 atom stereocenters. The van der Waals surface area contributed by atoms with Crippen molar-refractivity contribution < 1.29 is 9.32 Å². The molecular formula is C13H11N5O2S. The summed E-state index contributed by atoms with van der Waals surface area (Å²) in [7, 11) is 0. The fourth-order valence-electron chi connectivity index (χ4n) is 1.78. The zero-order valence-corrected chi connectivity index (χ0v) is 11.6. The van der Waals surface area contributed by atoms with E-state index in [9.17, 15) is 4.79 Å². The molecule has 106 valence electrons. The van der Waals surface area contributed by atoms with Gasteiger partial charge < -0.3 is 15.6 Å². The van der Waals surface area contributed by atoms with E-state index in [1.165, 1.54) is 11.3 Å². The van der Waals surface area contributed by atoms with Crippen LogP contribution in [0.25, 0.3) is 10.7 Å². The van der Waals surface area contributed by atoms with Crippen molar-refractivity contribution in [3.8, 4) is 10.7 Å². The second-order valence-corrected chi connectivity index (χ2v) is 5.04. The number of nitrogen functional groups attached to an aromatic ring is 1. The van der Waals surface area contributed by atoms with Crippen molar-refractivity contribution in [2.24, 2.45) is 0 Å². The van der Waals surface area contributed by atoms with Gasteiger partial charge in [0.2, 0.25) is 5.88 Å². The van der Waals surface area contributed by atoms with E-state index in [4.69, 9.17) is 10.3 Å². The standard InChI is InChI=1S/C13H11N5O2S/c14-11-9(10(18-20-11)13-16-5-6-21-13)12(19)17-7-8-1-3-15-4-2-8/h1-6H,7,14H2,(H,17,19). The molecule has 1 amide bonds. The Balaban J connectivity index is 1.80. The fourth-order valence-corrected chi connectivity index (χ4v) is 2.40. The number of carbonyl (C=O) groups excluding carboxylic acids is 1. The van der Waals surface area contributed by atoms with Crippen LogP contribution in [0.15, 0.2) is 40.6 Å². The number of pyridine rings is 1. The van der Waals surface area contributed by atoms with Gasteiger partial charge in [0.05, 0.1) is 0 Å². The highest BCUT2D eigenvalue weighted by atomic mass is 32.1. The lowest BCUT2D eigenvalue weighted by molar-refractivity contribution is 0.0952. The van der Waals surface area contributed by atoms with Crippen LogP contribution >= 0.6 is 11.3 Å². The topological polar surface area (TPSA) is 107 Å². The lowest BCUT2D eigenvalue weighted by Crippen LogP contribution is -2.23. The molecule has 0 radical (unpaired) electrons. The zero-order valence-electron chi connectivity index (χ0n) is 10.8. The molecule has 0 aliphatic rings. The first-order valence-electron chi connectivity index (χ1n) is 6.08. The maximum atomic E-state index is 12.3. The lowest BCUT2D eigenvalue weighted by atomic mass is 10.2. The summed E-state index contributed by atoms with van der Waals surface area (Å²) in [5.74, 6) is -0.372. The molecule has 3 aromatic heterocycles. The molecule has 3 rings (SSSR count). The molecule has 3 heterocycles. The molecule has 0 bridgehead atoms. The maximum absolute atomic E-state index is 12.3. The highest BCUT2D eigenvalue weighted by Gasteiger charge is 2.23. The van der Waals surface area contributed by atoms with Gasteiger partial charge in [-0.2, -0.15) is 0 Å². The number of nitrogens with zero attached hydrogens (tertiary/aromatic N) is 3. The number of amides is 1. The minimum atomic E-state index is -0.351. The molecule has 0 unspecified atom stereocenters. The second-order valence-electron chi connectivity index (χ2n) is 4.15. The third kappa shape index (κ3) is 2.75. The minimum Gasteiger partial charge on any atom is -0.367 e. The molecule has 0 saturated carbocycles. The van der Waals surface area contributed by atoms with Crippen LogP contribution in [0.5, 0.6) is 0 Å². The zero-order chi connectivity index (χ0) is 14.7. The van der Waals surface area contributed by atoms with Crippen LogP contribution in [0.2, 0.25) is 0 Å². The van der Waals surface area contributed by atoms with Crippen molar-refractivity contribution in [2.45, 2.75) is 6.54 Å². The van der Waals surface area contributed by atoms with Gasteiger partial charge in [-0.3, -0.25) is 9.78 Å². The Bertz CT molecular complexity index is 739. The van der Waals surface area contributed by atoms with Crippen molar-refractivity contribution in [3.05, 3.63) is 47.2 Å². The largest absolute Gasteiger partial charge is 0.367 e. The Kier molecular flexibility index (Phi) is 3.61. The summed E-state index contributed by atoms with van der Waals surface area (Å²) in [6.45, 7) is 0.364. The van der Waals surface area contributed by atoms with Gasteiger partial charge in [-0.25, -0.2) is 4.98 Å². The van der Waals surface area contributed by atoms with E-state index in [-0.39, 0.29) is 17.4 Å². The van der Waals surface area contributed by atoms with Crippen LogP contribution in [0.3, 0.4) is 0 Å². The number of rotatable bonds is 4. The quantitative estimate of drug-likeness (QED) is 0.759. The highest BCUT2D eigenvalue weighted by molar-refractivity contribution is 7.13. The first kappa shape index (κ1) is 13.3. The molecule has 0 saturated heterocycles. The summed E-state index contributed by atoms with van der Waals surface area (Å²) in [4.78, 5) is 20.3. The molecule has 0 spiro atoms. The van der Waals surface area contributed by atoms with E-state index < -0.39 is 0 Å². The van der Waals surface area contributed by atoms with Gasteiger partial charge in [0, 0.05) is 30.5 Å². The molecule has 0 aliphatic heterocycles. The van der Waals surface area contributed by atoms with Crippen molar-refractivity contribution in [3.63, 3.8) is 0 Å². The van der Waals surface area contributed by atoms with Crippen LogP contribution in [-0.2, 0) is 6.54 Å². The molecule has 0 aliphatic carbocycles. The number of nitrogens with one attached hydrogen (secondary N) is 1. The molecule has 8 heteroatoms. The molecule has 21 heavy (non-hydrogen) atoms. The van der Waals surface area contributed by atoms with E-state index in [0.717, 1.165) is 5.56 Å². The first-order chi connectivity index (χ1) is 10.3. The highest BCUT2D eigenvalue weighted by Crippen LogP contribution is 2.28. The van der Waals surface area contributed by atoms with Crippen LogP contribution in [-0.4, -0.2) is 21.0 Å². The van der Waals surface area contributed by atoms with E-state index >= 15 is 0 Å². The average molecular weight is 301 g/mol. The number of aromatic nitrogens is 3. The van der Waals surface area contributed by atoms with Gasteiger partial charge in [-0.05, 0) is 17.7 Å². The predicted octanol–water partition coefficient (Wildman–Crippen LogP) is 1.71. The van der Waals surface area contributed by atoms with Crippen molar-refractivity contribution in [1.29, 1.82) is 0 Å². The Hall–Kier alpha value is -2.74. The predicted molar refractivity (Wildman–Crippen MR) is 77.4 cm³/mol. The van der Waals surface area contributed by atoms with Crippen LogP contribution < -0.4 is 11.1 Å². The molecular weight excluding hydrogens is 290 g/mol. The van der Waals surface area contributed by atoms with Gasteiger partial charge in [0.15, 0.2) is 5.69 Å². The van der Waals surface area contributed by atoms with Gasteiger partial charge in [0.25, 0.3) is 5.91 Å². The number of hydrogen-bond acceptors (Lipinski definition) is 7. The molecule has 0 aromatic carbocycles. The first-order valence-corrected chi connectivity index (χ1v) is 6.96. The smallest absolute Gasteiger partial charge is 0.259 e. The van der Waals surface area contributed by atoms with E-state index in [1.807, 2.05) is 12.1 Å². The maximum Gasteiger partial charge on any atom is 0.259 e. The number of nitrogens with two attached hydrogens (primary N) is 1.